The van der Waals surface area contributed by atoms with Gasteiger partial charge in [0.05, 0.1) is 12.3 Å². The van der Waals surface area contributed by atoms with E-state index in [1.165, 1.54) is 0 Å². The molecule has 0 aliphatic carbocycles. The van der Waals surface area contributed by atoms with Gasteiger partial charge in [-0.2, -0.15) is 0 Å². The Bertz CT molecular complexity index is 995. The largest absolute Gasteiger partial charge is 0.491 e. The van der Waals surface area contributed by atoms with E-state index in [4.69, 9.17) is 14.6 Å². The molecule has 3 aromatic rings. The number of anilines is 1. The fraction of sp³-hybridized carbons (Fsp3) is 0.320. The molecule has 0 aliphatic heterocycles. The van der Waals surface area contributed by atoms with Crippen molar-refractivity contribution in [2.75, 3.05) is 25.1 Å². The van der Waals surface area contributed by atoms with Crippen LogP contribution in [0.4, 0.5) is 10.5 Å². The van der Waals surface area contributed by atoms with Gasteiger partial charge in [0, 0.05) is 17.4 Å². The number of ether oxygens (including phenoxy) is 2. The maximum absolute atomic E-state index is 12.9. The molecule has 0 spiro atoms. The molecule has 31 heavy (non-hydrogen) atoms. The Balaban J connectivity index is 1.82. The molecule has 0 saturated carbocycles. The maximum Gasteiger partial charge on any atom is 0.412 e. The van der Waals surface area contributed by atoms with Crippen LogP contribution in [0.2, 0.25) is 0 Å². The highest BCUT2D eigenvalue weighted by Gasteiger charge is 2.34. The van der Waals surface area contributed by atoms with Gasteiger partial charge in [-0.1, -0.05) is 62.4 Å². The third kappa shape index (κ3) is 5.75. The van der Waals surface area contributed by atoms with Crippen LogP contribution in [0.3, 0.4) is 0 Å². The highest BCUT2D eigenvalue weighted by molar-refractivity contribution is 6.00. The maximum atomic E-state index is 12.9. The first-order valence-corrected chi connectivity index (χ1v) is 10.3. The third-order valence-electron chi connectivity index (χ3n) is 5.26. The van der Waals surface area contributed by atoms with E-state index in [1.54, 1.807) is 12.1 Å². The molecule has 0 aromatic heterocycles. The molecule has 6 heteroatoms. The molecule has 164 valence electrons. The Morgan fingerprint density at radius 2 is 1.68 bits per heavy atom. The van der Waals surface area contributed by atoms with Gasteiger partial charge in [-0.3, -0.25) is 5.32 Å². The Labute approximate surface area is 182 Å². The zero-order valence-corrected chi connectivity index (χ0v) is 17.9. The van der Waals surface area contributed by atoms with Gasteiger partial charge in [0.25, 0.3) is 0 Å². The van der Waals surface area contributed by atoms with E-state index in [9.17, 15) is 9.90 Å². The number of carbonyl (C=O) groups is 1. The van der Waals surface area contributed by atoms with Crippen LogP contribution < -0.4 is 10.1 Å². The van der Waals surface area contributed by atoms with Crippen LogP contribution in [0.1, 0.15) is 31.9 Å². The summed E-state index contributed by atoms with van der Waals surface area (Å²) in [6.07, 6.45) is -0.684. The summed E-state index contributed by atoms with van der Waals surface area (Å²) in [5.41, 5.74) is 0.968. The number of amides is 1. The first-order valence-electron chi connectivity index (χ1n) is 10.3. The van der Waals surface area contributed by atoms with Crippen molar-refractivity contribution >= 4 is 22.6 Å². The second-order valence-corrected chi connectivity index (χ2v) is 8.04. The minimum Gasteiger partial charge on any atom is -0.491 e. The minimum absolute atomic E-state index is 0.0184. The first-order chi connectivity index (χ1) is 14.9. The van der Waals surface area contributed by atoms with Crippen LogP contribution in [0.25, 0.3) is 10.8 Å². The van der Waals surface area contributed by atoms with Gasteiger partial charge in [-0.05, 0) is 35.6 Å². The lowest BCUT2D eigenvalue weighted by Crippen LogP contribution is -2.29. The van der Waals surface area contributed by atoms with Gasteiger partial charge < -0.3 is 19.7 Å². The van der Waals surface area contributed by atoms with Gasteiger partial charge in [0.15, 0.2) is 0 Å². The number of nitrogens with one attached hydrogen (secondary N) is 1. The standard InChI is InChI=1S/C25H29NO5/c1-25(2,14-15-27)23(19-10-12-20(13-11-19)30-17-16-28)31-24(29)26-22-9-5-7-18-6-3-4-8-21(18)22/h3-13,23,27-28H,14-17H2,1-2H3,(H,26,29)/t23-/m1/s1. The van der Waals surface area contributed by atoms with E-state index in [2.05, 4.69) is 5.32 Å². The van der Waals surface area contributed by atoms with E-state index in [0.717, 1.165) is 16.3 Å². The molecule has 3 N–H and O–H groups in total. The Kier molecular flexibility index (Phi) is 7.50. The van der Waals surface area contributed by atoms with Crippen molar-refractivity contribution in [3.05, 3.63) is 72.3 Å². The molecule has 1 atom stereocenters. The number of hydrogen-bond donors (Lipinski definition) is 3. The van der Waals surface area contributed by atoms with Crippen molar-refractivity contribution in [2.45, 2.75) is 26.4 Å². The smallest absolute Gasteiger partial charge is 0.412 e. The molecule has 0 bridgehead atoms. The number of carbonyl (C=O) groups excluding carboxylic acids is 1. The topological polar surface area (TPSA) is 88.0 Å². The monoisotopic (exact) mass is 423 g/mol. The molecule has 3 rings (SSSR count). The van der Waals surface area contributed by atoms with Crippen LogP contribution in [0.15, 0.2) is 66.7 Å². The molecule has 0 heterocycles. The Morgan fingerprint density at radius 3 is 2.39 bits per heavy atom. The van der Waals surface area contributed by atoms with E-state index < -0.39 is 17.6 Å². The summed E-state index contributed by atoms with van der Waals surface area (Å²) < 4.78 is 11.3. The summed E-state index contributed by atoms with van der Waals surface area (Å²) >= 11 is 0. The van der Waals surface area contributed by atoms with E-state index in [-0.39, 0.29) is 19.8 Å². The zero-order valence-electron chi connectivity index (χ0n) is 17.9. The summed E-state index contributed by atoms with van der Waals surface area (Å²) in [5.74, 6) is 0.622. The fourth-order valence-electron chi connectivity index (χ4n) is 3.58. The Morgan fingerprint density at radius 1 is 0.968 bits per heavy atom. The molecule has 1 amide bonds. The lowest BCUT2D eigenvalue weighted by Gasteiger charge is -2.34. The average molecular weight is 424 g/mol. The second-order valence-electron chi connectivity index (χ2n) is 8.04. The summed E-state index contributed by atoms with van der Waals surface area (Å²) in [4.78, 5) is 12.9. The highest BCUT2D eigenvalue weighted by Crippen LogP contribution is 2.40. The number of fused-ring (bicyclic) bond motifs is 1. The van der Waals surface area contributed by atoms with Gasteiger partial charge in [0.1, 0.15) is 18.5 Å². The number of rotatable bonds is 9. The molecule has 6 nitrogen and oxygen atoms in total. The minimum atomic E-state index is -0.582. The number of aliphatic hydroxyl groups excluding tert-OH is 2. The summed E-state index contributed by atoms with van der Waals surface area (Å²) in [5, 5.41) is 23.3. The average Bonchev–Trinajstić information content (AvgIpc) is 2.77. The predicted octanol–water partition coefficient (Wildman–Crippen LogP) is 4.91. The van der Waals surface area contributed by atoms with Gasteiger partial charge in [-0.25, -0.2) is 4.79 Å². The van der Waals surface area contributed by atoms with Crippen molar-refractivity contribution < 1.29 is 24.5 Å². The van der Waals surface area contributed by atoms with Gasteiger partial charge in [0.2, 0.25) is 0 Å². The molecule has 0 radical (unpaired) electrons. The third-order valence-corrected chi connectivity index (χ3v) is 5.26. The number of hydrogen-bond acceptors (Lipinski definition) is 5. The molecule has 0 unspecified atom stereocenters. The van der Waals surface area contributed by atoms with Crippen molar-refractivity contribution in [1.82, 2.24) is 0 Å². The summed E-state index contributed by atoms with van der Waals surface area (Å²) in [7, 11) is 0. The second kappa shape index (κ2) is 10.3. The number of aliphatic hydroxyl groups is 2. The predicted molar refractivity (Wildman–Crippen MR) is 121 cm³/mol. The van der Waals surface area contributed by atoms with Crippen LogP contribution in [0.5, 0.6) is 5.75 Å². The van der Waals surface area contributed by atoms with Crippen molar-refractivity contribution in [2.24, 2.45) is 5.41 Å². The van der Waals surface area contributed by atoms with E-state index in [1.807, 2.05) is 68.4 Å². The number of benzene rings is 3. The molecular formula is C25H29NO5. The van der Waals surface area contributed by atoms with Gasteiger partial charge in [-0.15, -0.1) is 0 Å². The normalized spacial score (nSPS) is 12.4. The lowest BCUT2D eigenvalue weighted by molar-refractivity contribution is 0.0152. The highest BCUT2D eigenvalue weighted by atomic mass is 16.6. The quantitative estimate of drug-likeness (QED) is 0.455. The first kappa shape index (κ1) is 22.6. The SMILES string of the molecule is CC(C)(CCO)[C@H](OC(=O)Nc1cccc2ccccc12)c1ccc(OCCO)cc1. The summed E-state index contributed by atoms with van der Waals surface area (Å²) in [6, 6.07) is 20.7. The van der Waals surface area contributed by atoms with Crippen LogP contribution in [-0.4, -0.2) is 36.1 Å². The van der Waals surface area contributed by atoms with Crippen LogP contribution in [0, 0.1) is 5.41 Å². The molecular weight excluding hydrogens is 394 g/mol. The van der Waals surface area contributed by atoms with E-state index in [0.29, 0.717) is 17.9 Å². The van der Waals surface area contributed by atoms with E-state index >= 15 is 0 Å². The van der Waals surface area contributed by atoms with Crippen molar-refractivity contribution in [3.8, 4) is 5.75 Å². The van der Waals surface area contributed by atoms with Crippen LogP contribution >= 0.6 is 0 Å². The Hall–Kier alpha value is -3.09. The molecule has 0 saturated heterocycles. The molecule has 0 fully saturated rings. The zero-order chi connectivity index (χ0) is 22.3. The van der Waals surface area contributed by atoms with Crippen molar-refractivity contribution in [3.63, 3.8) is 0 Å². The molecule has 3 aromatic carbocycles. The summed E-state index contributed by atoms with van der Waals surface area (Å²) in [6.45, 7) is 4.04. The lowest BCUT2D eigenvalue weighted by atomic mass is 9.80. The molecule has 0 aliphatic rings. The fourth-order valence-corrected chi connectivity index (χ4v) is 3.58. The van der Waals surface area contributed by atoms with Crippen molar-refractivity contribution in [1.29, 1.82) is 0 Å². The van der Waals surface area contributed by atoms with Crippen LogP contribution in [-0.2, 0) is 4.74 Å². The van der Waals surface area contributed by atoms with Gasteiger partial charge >= 0.3 is 6.09 Å².